The van der Waals surface area contributed by atoms with E-state index in [1.54, 1.807) is 0 Å². The summed E-state index contributed by atoms with van der Waals surface area (Å²) in [5, 5.41) is 6.41. The van der Waals surface area contributed by atoms with Gasteiger partial charge in [0, 0.05) is 34.1 Å². The largest absolute Gasteiger partial charge is 0.381 e. The summed E-state index contributed by atoms with van der Waals surface area (Å²) in [4.78, 5) is 14.2. The number of carbonyl (C=O) groups excluding carboxylic acids is 1. The average molecular weight is 302 g/mol. The fourth-order valence-corrected chi connectivity index (χ4v) is 3.20. The van der Waals surface area contributed by atoms with Crippen LogP contribution in [0.3, 0.4) is 0 Å². The van der Waals surface area contributed by atoms with Gasteiger partial charge in [0.2, 0.25) is 5.91 Å². The molecule has 2 rings (SSSR count). The number of thiophene rings is 1. The van der Waals surface area contributed by atoms with Crippen LogP contribution in [0.25, 0.3) is 0 Å². The Bertz CT molecular complexity index is 646. The van der Waals surface area contributed by atoms with E-state index < -0.39 is 0 Å². The van der Waals surface area contributed by atoms with Crippen molar-refractivity contribution in [2.24, 2.45) is 0 Å². The molecule has 0 aliphatic heterocycles. The highest BCUT2D eigenvalue weighted by Crippen LogP contribution is 2.26. The van der Waals surface area contributed by atoms with E-state index in [1.165, 1.54) is 15.3 Å². The van der Waals surface area contributed by atoms with Gasteiger partial charge >= 0.3 is 0 Å². The van der Waals surface area contributed by atoms with Gasteiger partial charge in [0.1, 0.15) is 0 Å². The van der Waals surface area contributed by atoms with Crippen LogP contribution >= 0.6 is 11.3 Å². The SMILES string of the molecule is CCC(=O)Nc1cccc(NCc2cc(C)sc2C)c1C. The summed E-state index contributed by atoms with van der Waals surface area (Å²) in [7, 11) is 0. The summed E-state index contributed by atoms with van der Waals surface area (Å²) >= 11 is 1.83. The zero-order valence-electron chi connectivity index (χ0n) is 13.0. The molecule has 112 valence electrons. The summed E-state index contributed by atoms with van der Waals surface area (Å²) in [6.45, 7) is 8.97. The van der Waals surface area contributed by atoms with Gasteiger partial charge in [-0.25, -0.2) is 0 Å². The maximum Gasteiger partial charge on any atom is 0.224 e. The van der Waals surface area contributed by atoms with Crippen molar-refractivity contribution in [2.45, 2.75) is 40.7 Å². The number of amides is 1. The van der Waals surface area contributed by atoms with Gasteiger partial charge in [0.05, 0.1) is 0 Å². The zero-order chi connectivity index (χ0) is 15.4. The van der Waals surface area contributed by atoms with Crippen molar-refractivity contribution >= 4 is 28.6 Å². The molecule has 0 fully saturated rings. The fourth-order valence-electron chi connectivity index (χ4n) is 2.25. The standard InChI is InChI=1S/C17H22N2OS/c1-5-17(20)19-16-8-6-7-15(12(16)3)18-10-14-9-11(2)21-13(14)4/h6-9,18H,5,10H2,1-4H3,(H,19,20). The van der Waals surface area contributed by atoms with Crippen LogP contribution in [0.4, 0.5) is 11.4 Å². The van der Waals surface area contributed by atoms with Crippen LogP contribution in [0.15, 0.2) is 24.3 Å². The molecule has 2 aromatic rings. The summed E-state index contributed by atoms with van der Waals surface area (Å²) in [5.74, 6) is 0.0413. The van der Waals surface area contributed by atoms with Crippen molar-refractivity contribution in [3.8, 4) is 0 Å². The molecule has 1 aromatic heterocycles. The minimum Gasteiger partial charge on any atom is -0.381 e. The van der Waals surface area contributed by atoms with E-state index >= 15 is 0 Å². The van der Waals surface area contributed by atoms with Crippen LogP contribution in [0.1, 0.15) is 34.2 Å². The third-order valence-electron chi connectivity index (χ3n) is 3.54. The summed E-state index contributed by atoms with van der Waals surface area (Å²) in [6.07, 6.45) is 0.491. The monoisotopic (exact) mass is 302 g/mol. The summed E-state index contributed by atoms with van der Waals surface area (Å²) in [5.41, 5.74) is 4.35. The molecule has 0 saturated heterocycles. The Hall–Kier alpha value is -1.81. The first-order chi connectivity index (χ1) is 10.0. The van der Waals surface area contributed by atoms with Crippen LogP contribution in [0.5, 0.6) is 0 Å². The Labute approximate surface area is 130 Å². The molecule has 0 saturated carbocycles. The number of rotatable bonds is 5. The molecule has 4 heteroatoms. The van der Waals surface area contributed by atoms with E-state index in [1.807, 2.05) is 43.4 Å². The molecule has 0 aliphatic carbocycles. The molecule has 2 N–H and O–H groups in total. The molecule has 1 aromatic carbocycles. The molecule has 0 spiro atoms. The molecule has 0 radical (unpaired) electrons. The van der Waals surface area contributed by atoms with Crippen molar-refractivity contribution < 1.29 is 4.79 Å². The summed E-state index contributed by atoms with van der Waals surface area (Å²) < 4.78 is 0. The van der Waals surface area contributed by atoms with Crippen LogP contribution in [0, 0.1) is 20.8 Å². The maximum atomic E-state index is 11.5. The number of carbonyl (C=O) groups is 1. The first kappa shape index (κ1) is 15.6. The second-order valence-electron chi connectivity index (χ2n) is 5.17. The lowest BCUT2D eigenvalue weighted by Crippen LogP contribution is -2.11. The van der Waals surface area contributed by atoms with Gasteiger partial charge in [-0.1, -0.05) is 13.0 Å². The lowest BCUT2D eigenvalue weighted by atomic mass is 10.1. The lowest BCUT2D eigenvalue weighted by molar-refractivity contribution is -0.115. The van der Waals surface area contributed by atoms with Gasteiger partial charge in [0.15, 0.2) is 0 Å². The predicted octanol–water partition coefficient (Wildman–Crippen LogP) is 4.63. The van der Waals surface area contributed by atoms with Crippen LogP contribution < -0.4 is 10.6 Å². The minimum atomic E-state index is 0.0413. The van der Waals surface area contributed by atoms with Crippen molar-refractivity contribution in [1.29, 1.82) is 0 Å². The Kier molecular flexibility index (Phi) is 5.02. The molecule has 0 atom stereocenters. The molecule has 0 bridgehead atoms. The van der Waals surface area contributed by atoms with Crippen molar-refractivity contribution in [2.75, 3.05) is 10.6 Å². The average Bonchev–Trinajstić information content (AvgIpc) is 2.77. The number of benzene rings is 1. The molecule has 1 heterocycles. The molecular weight excluding hydrogens is 280 g/mol. The van der Waals surface area contributed by atoms with Gasteiger partial charge in [-0.05, 0) is 50.1 Å². The number of aryl methyl sites for hydroxylation is 2. The smallest absolute Gasteiger partial charge is 0.224 e. The van der Waals surface area contributed by atoms with Gasteiger partial charge in [-0.3, -0.25) is 4.79 Å². The highest BCUT2D eigenvalue weighted by Gasteiger charge is 2.07. The van der Waals surface area contributed by atoms with Crippen LogP contribution in [0.2, 0.25) is 0 Å². The Morgan fingerprint density at radius 3 is 2.52 bits per heavy atom. The number of hydrogen-bond donors (Lipinski definition) is 2. The first-order valence-electron chi connectivity index (χ1n) is 7.20. The fraction of sp³-hybridized carbons (Fsp3) is 0.353. The van der Waals surface area contributed by atoms with Gasteiger partial charge in [-0.15, -0.1) is 11.3 Å². The lowest BCUT2D eigenvalue weighted by Gasteiger charge is -2.14. The highest BCUT2D eigenvalue weighted by atomic mass is 32.1. The van der Waals surface area contributed by atoms with E-state index in [9.17, 15) is 4.79 Å². The van der Waals surface area contributed by atoms with Crippen molar-refractivity contribution in [1.82, 2.24) is 0 Å². The molecular formula is C17H22N2OS. The Morgan fingerprint density at radius 2 is 1.90 bits per heavy atom. The normalized spacial score (nSPS) is 10.5. The quantitative estimate of drug-likeness (QED) is 0.845. The minimum absolute atomic E-state index is 0.0413. The number of hydrogen-bond acceptors (Lipinski definition) is 3. The van der Waals surface area contributed by atoms with Crippen LogP contribution in [-0.2, 0) is 11.3 Å². The zero-order valence-corrected chi connectivity index (χ0v) is 13.9. The second-order valence-corrected chi connectivity index (χ2v) is 6.63. The molecule has 3 nitrogen and oxygen atoms in total. The van der Waals surface area contributed by atoms with Gasteiger partial charge < -0.3 is 10.6 Å². The van der Waals surface area contributed by atoms with E-state index in [4.69, 9.17) is 0 Å². The number of anilines is 2. The second kappa shape index (κ2) is 6.76. The van der Waals surface area contributed by atoms with Crippen molar-refractivity contribution in [3.63, 3.8) is 0 Å². The van der Waals surface area contributed by atoms with Gasteiger partial charge in [-0.2, -0.15) is 0 Å². The predicted molar refractivity (Wildman–Crippen MR) is 91.2 cm³/mol. The summed E-state index contributed by atoms with van der Waals surface area (Å²) in [6, 6.07) is 8.18. The van der Waals surface area contributed by atoms with Crippen LogP contribution in [-0.4, -0.2) is 5.91 Å². The molecule has 0 unspecified atom stereocenters. The molecule has 0 aliphatic rings. The molecule has 21 heavy (non-hydrogen) atoms. The Balaban J connectivity index is 2.11. The third kappa shape index (κ3) is 3.85. The van der Waals surface area contributed by atoms with E-state index in [-0.39, 0.29) is 5.91 Å². The molecule has 1 amide bonds. The third-order valence-corrected chi connectivity index (χ3v) is 4.55. The van der Waals surface area contributed by atoms with E-state index in [0.717, 1.165) is 23.5 Å². The first-order valence-corrected chi connectivity index (χ1v) is 8.02. The van der Waals surface area contributed by atoms with E-state index in [2.05, 4.69) is 30.5 Å². The number of nitrogens with one attached hydrogen (secondary N) is 2. The Morgan fingerprint density at radius 1 is 1.19 bits per heavy atom. The maximum absolute atomic E-state index is 11.5. The topological polar surface area (TPSA) is 41.1 Å². The van der Waals surface area contributed by atoms with Gasteiger partial charge in [0.25, 0.3) is 0 Å². The van der Waals surface area contributed by atoms with E-state index in [0.29, 0.717) is 6.42 Å². The highest BCUT2D eigenvalue weighted by molar-refractivity contribution is 7.12. The van der Waals surface area contributed by atoms with Crippen molar-refractivity contribution in [3.05, 3.63) is 45.1 Å².